The van der Waals surface area contributed by atoms with Gasteiger partial charge in [0.1, 0.15) is 0 Å². The molecule has 0 aromatic carbocycles. The Kier molecular flexibility index (Phi) is 8.26. The maximum atomic E-state index is 5.84. The molecule has 1 heterocycles. The molecule has 5 nitrogen and oxygen atoms in total. The van der Waals surface area contributed by atoms with Crippen LogP contribution in [0.4, 0.5) is 6.01 Å². The van der Waals surface area contributed by atoms with Crippen LogP contribution in [0, 0.1) is 0 Å². The van der Waals surface area contributed by atoms with Gasteiger partial charge in [0.05, 0.1) is 6.04 Å². The van der Waals surface area contributed by atoms with E-state index < -0.39 is 0 Å². The highest BCUT2D eigenvalue weighted by Gasteiger charge is 2.17. The molecule has 0 bridgehead atoms. The highest BCUT2D eigenvalue weighted by Crippen LogP contribution is 2.18. The van der Waals surface area contributed by atoms with Crippen LogP contribution in [0.15, 0.2) is 4.42 Å². The van der Waals surface area contributed by atoms with Crippen molar-refractivity contribution in [3.8, 4) is 0 Å². The first kappa shape index (κ1) is 17.0. The fourth-order valence-corrected chi connectivity index (χ4v) is 1.98. The van der Waals surface area contributed by atoms with Crippen molar-refractivity contribution < 1.29 is 4.42 Å². The Morgan fingerprint density at radius 3 is 2.25 bits per heavy atom. The normalized spacial score (nSPS) is 12.6. The summed E-state index contributed by atoms with van der Waals surface area (Å²) in [7, 11) is 0. The fraction of sp³-hybridized carbons (Fsp3) is 0.867. The highest BCUT2D eigenvalue weighted by atomic mass is 16.4. The molecule has 0 aliphatic rings. The molecule has 0 aliphatic carbocycles. The van der Waals surface area contributed by atoms with Crippen molar-refractivity contribution in [3.63, 3.8) is 0 Å². The molecule has 1 rings (SSSR count). The summed E-state index contributed by atoms with van der Waals surface area (Å²) in [6, 6.07) is 0.794. The highest BCUT2D eigenvalue weighted by molar-refractivity contribution is 5.23. The lowest BCUT2D eigenvalue weighted by atomic mass is 10.3. The first-order valence-electron chi connectivity index (χ1n) is 8.04. The minimum Gasteiger partial charge on any atom is -0.406 e. The zero-order valence-corrected chi connectivity index (χ0v) is 13.5. The van der Waals surface area contributed by atoms with Gasteiger partial charge in [-0.15, -0.1) is 5.10 Å². The van der Waals surface area contributed by atoms with Gasteiger partial charge >= 0.3 is 6.01 Å². The van der Waals surface area contributed by atoms with Crippen LogP contribution in [0.25, 0.3) is 0 Å². The Labute approximate surface area is 123 Å². The van der Waals surface area contributed by atoms with Crippen molar-refractivity contribution in [2.24, 2.45) is 0 Å². The van der Waals surface area contributed by atoms with E-state index in [9.17, 15) is 0 Å². The Balaban J connectivity index is 2.63. The summed E-state index contributed by atoms with van der Waals surface area (Å²) >= 11 is 0. The van der Waals surface area contributed by atoms with Gasteiger partial charge in [0.15, 0.2) is 0 Å². The summed E-state index contributed by atoms with van der Waals surface area (Å²) in [6.07, 6.45) is 5.77. The first-order valence-corrected chi connectivity index (χ1v) is 8.04. The second-order valence-corrected chi connectivity index (χ2v) is 5.29. The van der Waals surface area contributed by atoms with Crippen molar-refractivity contribution in [3.05, 3.63) is 5.89 Å². The summed E-state index contributed by atoms with van der Waals surface area (Å²) in [5.41, 5.74) is 0. The lowest BCUT2D eigenvalue weighted by molar-refractivity contribution is 0.412. The van der Waals surface area contributed by atoms with Gasteiger partial charge in [0.2, 0.25) is 5.89 Å². The van der Waals surface area contributed by atoms with Gasteiger partial charge in [-0.1, -0.05) is 38.7 Å². The number of nitrogens with zero attached hydrogens (tertiary/aromatic N) is 3. The maximum absolute atomic E-state index is 5.84. The molecular formula is C15H30N4O. The molecule has 116 valence electrons. The number of rotatable bonds is 11. The molecule has 0 radical (unpaired) electrons. The summed E-state index contributed by atoms with van der Waals surface area (Å²) < 4.78 is 5.84. The van der Waals surface area contributed by atoms with Crippen molar-refractivity contribution in [1.29, 1.82) is 0 Å². The van der Waals surface area contributed by atoms with Crippen LogP contribution in [0.1, 0.15) is 71.7 Å². The Bertz CT molecular complexity index is 345. The topological polar surface area (TPSA) is 54.2 Å². The Hall–Kier alpha value is -1.10. The zero-order valence-electron chi connectivity index (χ0n) is 13.5. The van der Waals surface area contributed by atoms with E-state index in [1.54, 1.807) is 0 Å². The largest absolute Gasteiger partial charge is 0.406 e. The molecule has 1 unspecified atom stereocenters. The molecule has 20 heavy (non-hydrogen) atoms. The van der Waals surface area contributed by atoms with E-state index in [1.807, 2.05) is 0 Å². The third-order valence-electron chi connectivity index (χ3n) is 3.33. The van der Waals surface area contributed by atoms with Gasteiger partial charge in [-0.3, -0.25) is 0 Å². The van der Waals surface area contributed by atoms with Crippen LogP contribution in [0.5, 0.6) is 0 Å². The van der Waals surface area contributed by atoms with E-state index in [2.05, 4.69) is 48.1 Å². The second kappa shape index (κ2) is 9.75. The molecule has 0 saturated heterocycles. The van der Waals surface area contributed by atoms with Crippen molar-refractivity contribution in [2.45, 2.75) is 65.8 Å². The van der Waals surface area contributed by atoms with Gasteiger partial charge in [-0.25, -0.2) is 0 Å². The van der Waals surface area contributed by atoms with Gasteiger partial charge in [-0.2, -0.15) is 0 Å². The Morgan fingerprint density at radius 2 is 1.70 bits per heavy atom. The maximum Gasteiger partial charge on any atom is 0.318 e. The van der Waals surface area contributed by atoms with Crippen LogP contribution in [-0.2, 0) is 0 Å². The number of anilines is 1. The van der Waals surface area contributed by atoms with Gasteiger partial charge < -0.3 is 14.6 Å². The molecule has 1 N–H and O–H groups in total. The van der Waals surface area contributed by atoms with Crippen molar-refractivity contribution >= 4 is 6.01 Å². The molecule has 1 aromatic heterocycles. The second-order valence-electron chi connectivity index (χ2n) is 5.29. The lowest BCUT2D eigenvalue weighted by Crippen LogP contribution is -2.26. The number of hydrogen-bond acceptors (Lipinski definition) is 5. The van der Waals surface area contributed by atoms with E-state index in [0.717, 1.165) is 38.9 Å². The third-order valence-corrected chi connectivity index (χ3v) is 3.33. The average Bonchev–Trinajstić information content (AvgIpc) is 2.94. The number of aromatic nitrogens is 2. The third kappa shape index (κ3) is 5.49. The molecule has 5 heteroatoms. The minimum atomic E-state index is 0.121. The van der Waals surface area contributed by atoms with Gasteiger partial charge in [0, 0.05) is 13.1 Å². The number of nitrogens with one attached hydrogen (secondary N) is 1. The van der Waals surface area contributed by atoms with Gasteiger partial charge in [-0.05, 0) is 32.7 Å². The van der Waals surface area contributed by atoms with E-state index >= 15 is 0 Å². The van der Waals surface area contributed by atoms with Crippen LogP contribution in [0.2, 0.25) is 0 Å². The summed E-state index contributed by atoms with van der Waals surface area (Å²) in [6.45, 7) is 11.6. The summed E-state index contributed by atoms with van der Waals surface area (Å²) in [5, 5.41) is 11.8. The average molecular weight is 282 g/mol. The van der Waals surface area contributed by atoms with E-state index in [4.69, 9.17) is 4.42 Å². The van der Waals surface area contributed by atoms with Crippen LogP contribution in [-0.4, -0.2) is 29.8 Å². The van der Waals surface area contributed by atoms with Crippen molar-refractivity contribution in [2.75, 3.05) is 24.5 Å². The SMILES string of the molecule is CCCCN(CCCC)c1nnc(C(C)NCCC)o1. The van der Waals surface area contributed by atoms with E-state index in [1.165, 1.54) is 12.8 Å². The predicted molar refractivity (Wildman–Crippen MR) is 83.0 cm³/mol. The molecule has 1 aromatic rings. The van der Waals surface area contributed by atoms with E-state index in [-0.39, 0.29) is 6.04 Å². The predicted octanol–water partition coefficient (Wildman–Crippen LogP) is 3.54. The molecule has 0 amide bonds. The molecule has 0 fully saturated rings. The lowest BCUT2D eigenvalue weighted by Gasteiger charge is -2.19. The minimum absolute atomic E-state index is 0.121. The monoisotopic (exact) mass is 282 g/mol. The smallest absolute Gasteiger partial charge is 0.318 e. The number of unbranched alkanes of at least 4 members (excludes halogenated alkanes) is 2. The molecule has 0 aliphatic heterocycles. The quantitative estimate of drug-likeness (QED) is 0.673. The summed E-state index contributed by atoms with van der Waals surface area (Å²) in [4.78, 5) is 2.22. The molecule has 0 saturated carbocycles. The summed E-state index contributed by atoms with van der Waals surface area (Å²) in [5.74, 6) is 0.687. The fourth-order valence-electron chi connectivity index (χ4n) is 1.98. The zero-order chi connectivity index (χ0) is 14.8. The van der Waals surface area contributed by atoms with Crippen LogP contribution >= 0.6 is 0 Å². The standard InChI is InChI=1S/C15H30N4O/c1-5-8-11-19(12-9-6-2)15-18-17-14(20-15)13(4)16-10-7-3/h13,16H,5-12H2,1-4H3. The Morgan fingerprint density at radius 1 is 1.05 bits per heavy atom. The molecule has 0 spiro atoms. The van der Waals surface area contributed by atoms with Gasteiger partial charge in [0.25, 0.3) is 0 Å². The van der Waals surface area contributed by atoms with E-state index in [0.29, 0.717) is 11.9 Å². The molecule has 1 atom stereocenters. The van der Waals surface area contributed by atoms with Crippen LogP contribution < -0.4 is 10.2 Å². The number of hydrogen-bond donors (Lipinski definition) is 1. The van der Waals surface area contributed by atoms with Crippen LogP contribution in [0.3, 0.4) is 0 Å². The first-order chi connectivity index (χ1) is 9.72. The van der Waals surface area contributed by atoms with Crippen molar-refractivity contribution in [1.82, 2.24) is 15.5 Å². The molecular weight excluding hydrogens is 252 g/mol.